The molecule has 0 N–H and O–H groups in total. The summed E-state index contributed by atoms with van der Waals surface area (Å²) < 4.78 is 0. The highest BCUT2D eigenvalue weighted by Gasteiger charge is 2.42. The maximum atomic E-state index is 11.9. The Labute approximate surface area is 95.0 Å². The summed E-state index contributed by atoms with van der Waals surface area (Å²) in [5.41, 5.74) is 0. The van der Waals surface area contributed by atoms with Crippen LogP contribution in [0.3, 0.4) is 0 Å². The monoisotopic (exact) mass is 223 g/mol. The van der Waals surface area contributed by atoms with Crippen LogP contribution in [0.5, 0.6) is 0 Å². The number of carbonyl (C=O) groups excluding carboxylic acids is 2. The highest BCUT2D eigenvalue weighted by atomic mass is 16.2. The molecule has 3 amide bonds. The fourth-order valence-electron chi connectivity index (χ4n) is 2.67. The standard InChI is InChI=1S/C11H17N3O2/c1-12-6-9-7-13(10(15)8-2-3-8)4-5-14(9)11(12)16/h8-9H,2-7H2,1H3. The molecular formula is C11H17N3O2. The van der Waals surface area contributed by atoms with Crippen molar-refractivity contribution in [3.63, 3.8) is 0 Å². The second-order valence-corrected chi connectivity index (χ2v) is 5.07. The lowest BCUT2D eigenvalue weighted by Crippen LogP contribution is -2.54. The largest absolute Gasteiger partial charge is 0.339 e. The third-order valence-electron chi connectivity index (χ3n) is 3.78. The first-order valence-corrected chi connectivity index (χ1v) is 5.97. The number of hydrogen-bond acceptors (Lipinski definition) is 2. The molecule has 5 heteroatoms. The molecule has 2 saturated heterocycles. The first kappa shape index (κ1) is 9.93. The van der Waals surface area contributed by atoms with E-state index in [0.29, 0.717) is 24.9 Å². The van der Waals surface area contributed by atoms with Crippen LogP contribution in [0.2, 0.25) is 0 Å². The van der Waals surface area contributed by atoms with Gasteiger partial charge < -0.3 is 14.7 Å². The predicted molar refractivity (Wildman–Crippen MR) is 57.8 cm³/mol. The predicted octanol–water partition coefficient (Wildman–Crippen LogP) is -0.0254. The van der Waals surface area contributed by atoms with Crippen LogP contribution in [0, 0.1) is 5.92 Å². The molecule has 5 nitrogen and oxygen atoms in total. The summed E-state index contributed by atoms with van der Waals surface area (Å²) in [7, 11) is 1.83. The Hall–Kier alpha value is -1.26. The average Bonchev–Trinajstić information content (AvgIpc) is 3.07. The normalized spacial score (nSPS) is 29.7. The van der Waals surface area contributed by atoms with Gasteiger partial charge in [0, 0.05) is 39.1 Å². The summed E-state index contributed by atoms with van der Waals surface area (Å²) in [6.45, 7) is 2.90. The minimum absolute atomic E-state index is 0.114. The summed E-state index contributed by atoms with van der Waals surface area (Å²) in [6, 6.07) is 0.331. The van der Waals surface area contributed by atoms with Crippen LogP contribution in [0.1, 0.15) is 12.8 Å². The minimum Gasteiger partial charge on any atom is -0.339 e. The van der Waals surface area contributed by atoms with Crippen molar-refractivity contribution in [3.05, 3.63) is 0 Å². The van der Waals surface area contributed by atoms with Crippen molar-refractivity contribution in [2.24, 2.45) is 5.92 Å². The number of nitrogens with zero attached hydrogens (tertiary/aromatic N) is 3. The third-order valence-corrected chi connectivity index (χ3v) is 3.78. The van der Waals surface area contributed by atoms with Crippen molar-refractivity contribution in [1.82, 2.24) is 14.7 Å². The topological polar surface area (TPSA) is 43.9 Å². The fourth-order valence-corrected chi connectivity index (χ4v) is 2.67. The Morgan fingerprint density at radius 3 is 2.69 bits per heavy atom. The maximum Gasteiger partial charge on any atom is 0.320 e. The molecule has 2 aliphatic heterocycles. The molecular weight excluding hydrogens is 206 g/mol. The first-order valence-electron chi connectivity index (χ1n) is 5.97. The van der Waals surface area contributed by atoms with Gasteiger partial charge in [0.15, 0.2) is 0 Å². The average molecular weight is 223 g/mol. The zero-order valence-electron chi connectivity index (χ0n) is 9.56. The van der Waals surface area contributed by atoms with Crippen molar-refractivity contribution in [2.45, 2.75) is 18.9 Å². The Morgan fingerprint density at radius 2 is 2.00 bits per heavy atom. The minimum atomic E-state index is 0.114. The number of urea groups is 1. The molecule has 2 heterocycles. The quantitative estimate of drug-likeness (QED) is 0.627. The zero-order valence-corrected chi connectivity index (χ0v) is 9.56. The van der Waals surface area contributed by atoms with E-state index in [0.717, 1.165) is 25.9 Å². The van der Waals surface area contributed by atoms with Gasteiger partial charge in [-0.25, -0.2) is 4.79 Å². The van der Waals surface area contributed by atoms with E-state index < -0.39 is 0 Å². The van der Waals surface area contributed by atoms with Crippen molar-refractivity contribution < 1.29 is 9.59 Å². The molecule has 1 aliphatic carbocycles. The van der Waals surface area contributed by atoms with Crippen LogP contribution >= 0.6 is 0 Å². The van der Waals surface area contributed by atoms with Gasteiger partial charge >= 0.3 is 6.03 Å². The van der Waals surface area contributed by atoms with Crippen LogP contribution in [0.15, 0.2) is 0 Å². The number of carbonyl (C=O) groups is 2. The second kappa shape index (κ2) is 3.37. The molecule has 16 heavy (non-hydrogen) atoms. The molecule has 3 aliphatic rings. The molecule has 0 aromatic carbocycles. The third kappa shape index (κ3) is 1.45. The van der Waals surface area contributed by atoms with E-state index in [9.17, 15) is 9.59 Å². The Bertz CT molecular complexity index is 340. The van der Waals surface area contributed by atoms with Gasteiger partial charge in [0.25, 0.3) is 0 Å². The van der Waals surface area contributed by atoms with Crippen LogP contribution < -0.4 is 0 Å². The molecule has 3 rings (SSSR count). The van der Waals surface area contributed by atoms with Crippen molar-refractivity contribution in [2.75, 3.05) is 33.2 Å². The van der Waals surface area contributed by atoms with E-state index >= 15 is 0 Å². The second-order valence-electron chi connectivity index (χ2n) is 5.07. The lowest BCUT2D eigenvalue weighted by atomic mass is 10.2. The van der Waals surface area contributed by atoms with E-state index in [1.54, 1.807) is 4.90 Å². The van der Waals surface area contributed by atoms with Crippen LogP contribution in [0.25, 0.3) is 0 Å². The number of hydrogen-bond donors (Lipinski definition) is 0. The number of amides is 3. The number of piperazine rings is 1. The molecule has 0 radical (unpaired) electrons. The van der Waals surface area contributed by atoms with Gasteiger partial charge in [-0.15, -0.1) is 0 Å². The van der Waals surface area contributed by atoms with E-state index in [4.69, 9.17) is 0 Å². The Morgan fingerprint density at radius 1 is 1.25 bits per heavy atom. The molecule has 88 valence electrons. The zero-order chi connectivity index (χ0) is 11.3. The highest BCUT2D eigenvalue weighted by molar-refractivity contribution is 5.82. The van der Waals surface area contributed by atoms with Crippen LogP contribution in [0.4, 0.5) is 4.79 Å². The van der Waals surface area contributed by atoms with Crippen molar-refractivity contribution in [3.8, 4) is 0 Å². The van der Waals surface area contributed by atoms with Gasteiger partial charge in [-0.2, -0.15) is 0 Å². The lowest BCUT2D eigenvalue weighted by Gasteiger charge is -2.36. The Balaban J connectivity index is 1.67. The first-order chi connectivity index (χ1) is 7.66. The van der Waals surface area contributed by atoms with Crippen LogP contribution in [-0.2, 0) is 4.79 Å². The van der Waals surface area contributed by atoms with Crippen LogP contribution in [-0.4, -0.2) is 65.9 Å². The van der Waals surface area contributed by atoms with E-state index in [1.165, 1.54) is 0 Å². The van der Waals surface area contributed by atoms with Gasteiger partial charge in [0.2, 0.25) is 5.91 Å². The lowest BCUT2D eigenvalue weighted by molar-refractivity contribution is -0.134. The summed E-state index contributed by atoms with van der Waals surface area (Å²) >= 11 is 0. The molecule has 0 spiro atoms. The van der Waals surface area contributed by atoms with Gasteiger partial charge in [0.1, 0.15) is 0 Å². The molecule has 1 unspecified atom stereocenters. The molecule has 0 aromatic heterocycles. The summed E-state index contributed by atoms with van der Waals surface area (Å²) in [4.78, 5) is 29.2. The summed E-state index contributed by atoms with van der Waals surface area (Å²) in [5.74, 6) is 0.600. The Kier molecular flexibility index (Phi) is 2.09. The van der Waals surface area contributed by atoms with Gasteiger partial charge in [-0.1, -0.05) is 0 Å². The molecule has 0 aromatic rings. The van der Waals surface area contributed by atoms with E-state index in [-0.39, 0.29) is 12.1 Å². The summed E-state index contributed by atoms with van der Waals surface area (Å²) in [6.07, 6.45) is 2.12. The van der Waals surface area contributed by atoms with Crippen molar-refractivity contribution in [1.29, 1.82) is 0 Å². The fraction of sp³-hybridized carbons (Fsp3) is 0.818. The van der Waals surface area contributed by atoms with Gasteiger partial charge in [-0.3, -0.25) is 4.79 Å². The SMILES string of the molecule is CN1CC2CN(C(=O)C3CC3)CCN2C1=O. The summed E-state index contributed by atoms with van der Waals surface area (Å²) in [5, 5.41) is 0. The molecule has 1 saturated carbocycles. The maximum absolute atomic E-state index is 11.9. The van der Waals surface area contributed by atoms with Gasteiger partial charge in [0.05, 0.1) is 6.04 Å². The molecule has 1 atom stereocenters. The smallest absolute Gasteiger partial charge is 0.320 e. The molecule has 0 bridgehead atoms. The molecule has 3 fully saturated rings. The highest BCUT2D eigenvalue weighted by Crippen LogP contribution is 2.32. The number of fused-ring (bicyclic) bond motifs is 1. The van der Waals surface area contributed by atoms with Gasteiger partial charge in [-0.05, 0) is 12.8 Å². The van der Waals surface area contributed by atoms with Crippen molar-refractivity contribution >= 4 is 11.9 Å². The van der Waals surface area contributed by atoms with E-state index in [2.05, 4.69) is 0 Å². The number of likely N-dealkylation sites (N-methyl/N-ethyl adjacent to an activating group) is 1. The van der Waals surface area contributed by atoms with E-state index in [1.807, 2.05) is 16.8 Å². The number of rotatable bonds is 1.